The molecule has 0 unspecified atom stereocenters. The minimum Gasteiger partial charge on any atom is -0.494 e. The van der Waals surface area contributed by atoms with Crippen molar-refractivity contribution in [3.8, 4) is 22.8 Å². The van der Waals surface area contributed by atoms with Crippen molar-refractivity contribution in [3.05, 3.63) is 56.1 Å². The van der Waals surface area contributed by atoms with E-state index < -0.39 is 9.85 Å². The Morgan fingerprint density at radius 3 is 2.07 bits per heavy atom. The Morgan fingerprint density at radius 2 is 1.50 bits per heavy atom. The summed E-state index contributed by atoms with van der Waals surface area (Å²) < 4.78 is 10.4. The molecule has 0 saturated carbocycles. The number of non-ortho nitro benzene ring substituents is 2. The zero-order valence-electron chi connectivity index (χ0n) is 15.3. The van der Waals surface area contributed by atoms with Gasteiger partial charge >= 0.3 is 0 Å². The van der Waals surface area contributed by atoms with E-state index in [0.29, 0.717) is 27.7 Å². The number of hydrogen-bond acceptors (Lipinski definition) is 8. The number of nitrogens with zero attached hydrogens (tertiary/aromatic N) is 3. The molecular weight excluding hydrogens is 368 g/mol. The van der Waals surface area contributed by atoms with Gasteiger partial charge in [-0.05, 0) is 18.6 Å². The summed E-state index contributed by atoms with van der Waals surface area (Å²) in [4.78, 5) is 25.9. The molecule has 0 fully saturated rings. The highest BCUT2D eigenvalue weighted by Gasteiger charge is 2.20. The van der Waals surface area contributed by atoms with E-state index in [0.717, 1.165) is 0 Å². The van der Waals surface area contributed by atoms with Crippen molar-refractivity contribution < 1.29 is 19.3 Å². The molecule has 3 aromatic rings. The lowest BCUT2D eigenvalue weighted by Crippen LogP contribution is -2.01. The lowest BCUT2D eigenvalue weighted by atomic mass is 10.0. The van der Waals surface area contributed by atoms with Crippen LogP contribution in [0, 0.1) is 27.2 Å². The van der Waals surface area contributed by atoms with Gasteiger partial charge in [0.1, 0.15) is 11.3 Å². The molecule has 10 heteroatoms. The van der Waals surface area contributed by atoms with Crippen molar-refractivity contribution in [2.45, 2.75) is 6.92 Å². The number of nitro benzene ring substituents is 2. The summed E-state index contributed by atoms with van der Waals surface area (Å²) in [5.41, 5.74) is 7.72. The van der Waals surface area contributed by atoms with Crippen LogP contribution in [0.1, 0.15) is 5.56 Å². The third-order valence-corrected chi connectivity index (χ3v) is 4.33. The van der Waals surface area contributed by atoms with Crippen LogP contribution in [0.25, 0.3) is 22.2 Å². The quantitative estimate of drug-likeness (QED) is 0.399. The fourth-order valence-electron chi connectivity index (χ4n) is 2.94. The summed E-state index contributed by atoms with van der Waals surface area (Å²) in [7, 11) is 2.74. The summed E-state index contributed by atoms with van der Waals surface area (Å²) >= 11 is 0. The molecule has 10 nitrogen and oxygen atoms in total. The number of ether oxygens (including phenoxy) is 2. The summed E-state index contributed by atoms with van der Waals surface area (Å²) in [6.45, 7) is 1.75. The largest absolute Gasteiger partial charge is 0.494 e. The third kappa shape index (κ3) is 3.11. The van der Waals surface area contributed by atoms with Crippen molar-refractivity contribution in [1.29, 1.82) is 0 Å². The van der Waals surface area contributed by atoms with Gasteiger partial charge in [0.2, 0.25) is 0 Å². The molecule has 2 aromatic carbocycles. The molecule has 28 heavy (non-hydrogen) atoms. The normalized spacial score (nSPS) is 10.7. The van der Waals surface area contributed by atoms with Gasteiger partial charge in [-0.15, -0.1) is 0 Å². The molecule has 1 heterocycles. The average molecular weight is 384 g/mol. The van der Waals surface area contributed by atoms with Gasteiger partial charge in [-0.25, -0.2) is 4.98 Å². The Labute approximate surface area is 158 Å². The van der Waals surface area contributed by atoms with Crippen molar-refractivity contribution >= 4 is 28.0 Å². The van der Waals surface area contributed by atoms with Crippen LogP contribution >= 0.6 is 0 Å². The first-order chi connectivity index (χ1) is 13.3. The monoisotopic (exact) mass is 384 g/mol. The van der Waals surface area contributed by atoms with E-state index in [4.69, 9.17) is 15.2 Å². The summed E-state index contributed by atoms with van der Waals surface area (Å²) in [5.74, 6) is 0.365. The molecule has 0 aliphatic heterocycles. The van der Waals surface area contributed by atoms with Gasteiger partial charge < -0.3 is 15.2 Å². The molecule has 0 spiro atoms. The van der Waals surface area contributed by atoms with E-state index in [1.54, 1.807) is 13.0 Å². The molecule has 0 bridgehead atoms. The lowest BCUT2D eigenvalue weighted by molar-refractivity contribution is -0.385. The number of aromatic nitrogens is 1. The van der Waals surface area contributed by atoms with E-state index in [9.17, 15) is 20.2 Å². The molecule has 0 saturated heterocycles. The predicted octanol–water partition coefficient (Wildman–Crippen LogP) is 3.63. The van der Waals surface area contributed by atoms with Crippen LogP contribution in [0.15, 0.2) is 30.3 Å². The Balaban J connectivity index is 2.34. The van der Waals surface area contributed by atoms with Crippen LogP contribution in [-0.2, 0) is 0 Å². The highest BCUT2D eigenvalue weighted by atomic mass is 16.6. The number of anilines is 1. The van der Waals surface area contributed by atoms with E-state index in [-0.39, 0.29) is 28.6 Å². The topological polar surface area (TPSA) is 144 Å². The van der Waals surface area contributed by atoms with Gasteiger partial charge in [-0.2, -0.15) is 0 Å². The minimum atomic E-state index is -0.552. The van der Waals surface area contributed by atoms with E-state index in [1.165, 1.54) is 38.5 Å². The number of pyridine rings is 1. The Bertz CT molecular complexity index is 1130. The molecule has 0 radical (unpaired) electrons. The number of nitrogen functional groups attached to an aromatic ring is 1. The molecule has 0 atom stereocenters. The predicted molar refractivity (Wildman–Crippen MR) is 103 cm³/mol. The van der Waals surface area contributed by atoms with E-state index >= 15 is 0 Å². The van der Waals surface area contributed by atoms with E-state index in [2.05, 4.69) is 4.98 Å². The maximum atomic E-state index is 11.2. The highest BCUT2D eigenvalue weighted by molar-refractivity contribution is 5.93. The van der Waals surface area contributed by atoms with Crippen molar-refractivity contribution in [1.82, 2.24) is 4.98 Å². The zero-order valence-corrected chi connectivity index (χ0v) is 15.3. The van der Waals surface area contributed by atoms with Gasteiger partial charge in [0.15, 0.2) is 5.75 Å². The summed E-state index contributed by atoms with van der Waals surface area (Å²) in [6.07, 6.45) is 0. The number of benzene rings is 2. The van der Waals surface area contributed by atoms with Crippen LogP contribution in [0.4, 0.5) is 17.1 Å². The number of nitrogens with two attached hydrogens (primary N) is 1. The maximum Gasteiger partial charge on any atom is 0.273 e. The second-order valence-electron chi connectivity index (χ2n) is 5.99. The maximum absolute atomic E-state index is 11.2. The average Bonchev–Trinajstić information content (AvgIpc) is 2.67. The number of fused-ring (bicyclic) bond motifs is 1. The number of aryl methyl sites for hydroxylation is 1. The smallest absolute Gasteiger partial charge is 0.273 e. The SMILES string of the molecule is COc1cc([N+](=O)[O-])cc(-c2cc(C)c3cc([N+](=O)[O-])cc(OC)c3n2)c1N. The Morgan fingerprint density at radius 1 is 0.929 bits per heavy atom. The van der Waals surface area contributed by atoms with Crippen molar-refractivity contribution in [2.24, 2.45) is 0 Å². The first-order valence-electron chi connectivity index (χ1n) is 8.02. The molecule has 1 aromatic heterocycles. The van der Waals surface area contributed by atoms with Gasteiger partial charge in [-0.1, -0.05) is 0 Å². The van der Waals surface area contributed by atoms with Gasteiger partial charge in [0.05, 0.1) is 47.6 Å². The summed E-state index contributed by atoms with van der Waals surface area (Å²) in [6, 6.07) is 6.87. The number of methoxy groups -OCH3 is 2. The van der Waals surface area contributed by atoms with Gasteiger partial charge in [0, 0.05) is 23.1 Å². The number of nitro groups is 2. The first-order valence-corrected chi connectivity index (χ1v) is 8.02. The highest BCUT2D eigenvalue weighted by Crippen LogP contribution is 2.39. The number of rotatable bonds is 5. The second kappa shape index (κ2) is 6.99. The van der Waals surface area contributed by atoms with Gasteiger partial charge in [0.25, 0.3) is 11.4 Å². The van der Waals surface area contributed by atoms with Crippen LogP contribution < -0.4 is 15.2 Å². The molecule has 0 amide bonds. The lowest BCUT2D eigenvalue weighted by Gasteiger charge is -2.13. The van der Waals surface area contributed by atoms with Crippen LogP contribution in [0.2, 0.25) is 0 Å². The van der Waals surface area contributed by atoms with Crippen molar-refractivity contribution in [3.63, 3.8) is 0 Å². The molecule has 2 N–H and O–H groups in total. The van der Waals surface area contributed by atoms with Crippen LogP contribution in [0.5, 0.6) is 11.5 Å². The molecule has 0 aliphatic rings. The fourth-order valence-corrected chi connectivity index (χ4v) is 2.94. The Kier molecular flexibility index (Phi) is 4.70. The summed E-state index contributed by atoms with van der Waals surface area (Å²) in [5, 5.41) is 22.9. The first kappa shape index (κ1) is 18.8. The van der Waals surface area contributed by atoms with E-state index in [1.807, 2.05) is 0 Å². The van der Waals surface area contributed by atoms with Crippen LogP contribution in [-0.4, -0.2) is 29.1 Å². The molecule has 144 valence electrons. The minimum absolute atomic E-state index is 0.126. The molecule has 0 aliphatic carbocycles. The number of hydrogen-bond donors (Lipinski definition) is 1. The molecular formula is C18H16N4O6. The molecule has 3 rings (SSSR count). The fraction of sp³-hybridized carbons (Fsp3) is 0.167. The van der Waals surface area contributed by atoms with Gasteiger partial charge in [-0.3, -0.25) is 20.2 Å². The standard InChI is InChI=1S/C18H16N4O6/c1-9-4-14(13-6-11(22(25)26)7-15(27-2)17(13)19)20-18-12(9)5-10(21(23)24)8-16(18)28-3/h4-8H,19H2,1-3H3. The van der Waals surface area contributed by atoms with Crippen LogP contribution in [0.3, 0.4) is 0 Å². The third-order valence-electron chi connectivity index (χ3n) is 4.33. The Hall–Kier alpha value is -3.95. The second-order valence-corrected chi connectivity index (χ2v) is 5.99. The van der Waals surface area contributed by atoms with Crippen molar-refractivity contribution in [2.75, 3.05) is 20.0 Å². The zero-order chi connectivity index (χ0) is 20.6.